The van der Waals surface area contributed by atoms with Gasteiger partial charge in [0.15, 0.2) is 0 Å². The zero-order valence-electron chi connectivity index (χ0n) is 10.5. The molecule has 0 bridgehead atoms. The second-order valence-corrected chi connectivity index (χ2v) is 5.35. The lowest BCUT2D eigenvalue weighted by Gasteiger charge is -2.13. The van der Waals surface area contributed by atoms with Crippen LogP contribution in [-0.2, 0) is 9.53 Å². The molecule has 0 fully saturated rings. The largest absolute Gasteiger partial charge is 0.469 e. The molecular formula is C12H22O2S2. The molecule has 0 aromatic carbocycles. The van der Waals surface area contributed by atoms with Crippen LogP contribution in [0.4, 0.5) is 0 Å². The molecule has 1 unspecified atom stereocenters. The molecule has 0 aromatic heterocycles. The highest BCUT2D eigenvalue weighted by Crippen LogP contribution is 2.20. The number of carbonyl (C=O) groups is 1. The van der Waals surface area contributed by atoms with Crippen molar-refractivity contribution in [2.75, 3.05) is 13.4 Å². The number of ether oxygens (including phenoxy) is 1. The van der Waals surface area contributed by atoms with Crippen LogP contribution in [0.5, 0.6) is 0 Å². The Hall–Kier alpha value is -0.0900. The first kappa shape index (κ1) is 15.9. The lowest BCUT2D eigenvalue weighted by molar-refractivity contribution is -0.143. The Morgan fingerprint density at radius 3 is 2.44 bits per heavy atom. The minimum atomic E-state index is -0.198. The molecule has 0 heterocycles. The van der Waals surface area contributed by atoms with Crippen LogP contribution in [0.15, 0.2) is 0 Å². The molecule has 16 heavy (non-hydrogen) atoms. The monoisotopic (exact) mass is 262 g/mol. The Bertz CT molecular complexity index is 201. The first-order valence-corrected chi connectivity index (χ1v) is 7.46. The Morgan fingerprint density at radius 2 is 1.94 bits per heavy atom. The van der Waals surface area contributed by atoms with E-state index in [9.17, 15) is 4.79 Å². The van der Waals surface area contributed by atoms with Crippen LogP contribution in [0.25, 0.3) is 0 Å². The number of carbonyl (C=O) groups excluding carboxylic acids is 1. The molecule has 0 saturated carbocycles. The molecule has 0 aromatic rings. The molecule has 4 heteroatoms. The van der Waals surface area contributed by atoms with Crippen molar-refractivity contribution < 1.29 is 9.53 Å². The fraction of sp³-hybridized carbons (Fsp3) is 0.833. The van der Waals surface area contributed by atoms with Gasteiger partial charge in [-0.05, 0) is 12.7 Å². The molecule has 2 nitrogen and oxygen atoms in total. The van der Waals surface area contributed by atoms with Gasteiger partial charge in [-0.2, -0.15) is 0 Å². The lowest BCUT2D eigenvalue weighted by atomic mass is 10.0. The van der Waals surface area contributed by atoms with Gasteiger partial charge in [-0.1, -0.05) is 51.2 Å². The summed E-state index contributed by atoms with van der Waals surface area (Å²) in [5.41, 5.74) is 0. The summed E-state index contributed by atoms with van der Waals surface area (Å²) in [5.74, 6) is -0.383. The van der Waals surface area contributed by atoms with Crippen molar-refractivity contribution in [1.29, 1.82) is 0 Å². The maximum absolute atomic E-state index is 11.5. The Labute approximate surface area is 109 Å². The molecule has 0 rings (SSSR count). The summed E-state index contributed by atoms with van der Waals surface area (Å²) in [4.78, 5) is 11.5. The Kier molecular flexibility index (Phi) is 10.0. The van der Waals surface area contributed by atoms with E-state index in [1.807, 2.05) is 6.26 Å². The molecule has 0 aliphatic rings. The average Bonchev–Trinajstić information content (AvgIpc) is 2.32. The smallest absolute Gasteiger partial charge is 0.314 e. The number of thiocarbonyl (C=S) groups is 1. The minimum absolute atomic E-state index is 0.185. The van der Waals surface area contributed by atoms with E-state index in [2.05, 4.69) is 6.92 Å². The number of hydrogen-bond acceptors (Lipinski definition) is 4. The van der Waals surface area contributed by atoms with E-state index < -0.39 is 0 Å². The molecule has 0 aliphatic carbocycles. The van der Waals surface area contributed by atoms with Crippen molar-refractivity contribution in [2.45, 2.75) is 45.4 Å². The van der Waals surface area contributed by atoms with Gasteiger partial charge in [-0.25, -0.2) is 0 Å². The average molecular weight is 262 g/mol. The molecule has 0 radical (unpaired) electrons. The molecule has 0 saturated heterocycles. The Balaban J connectivity index is 3.93. The SMILES string of the molecule is CCCCCCCC(C(=O)OC)C(=S)SC. The van der Waals surface area contributed by atoms with Crippen molar-refractivity contribution >= 4 is 34.1 Å². The maximum atomic E-state index is 11.5. The van der Waals surface area contributed by atoms with Crippen LogP contribution in [0.1, 0.15) is 45.4 Å². The second kappa shape index (κ2) is 10.1. The van der Waals surface area contributed by atoms with Gasteiger partial charge in [0.2, 0.25) is 0 Å². The quantitative estimate of drug-likeness (QED) is 0.377. The van der Waals surface area contributed by atoms with Gasteiger partial charge in [0.25, 0.3) is 0 Å². The van der Waals surface area contributed by atoms with E-state index in [-0.39, 0.29) is 11.9 Å². The molecule has 0 aliphatic heterocycles. The van der Waals surface area contributed by atoms with E-state index in [0.717, 1.165) is 17.0 Å². The summed E-state index contributed by atoms with van der Waals surface area (Å²) in [6, 6.07) is 0. The third-order valence-electron chi connectivity index (χ3n) is 2.57. The Morgan fingerprint density at radius 1 is 1.31 bits per heavy atom. The molecule has 94 valence electrons. The standard InChI is InChI=1S/C12H22O2S2/c1-4-5-6-7-8-9-10(11(13)14-2)12(15)16-3/h10H,4-9H2,1-3H3. The van der Waals surface area contributed by atoms with Crippen LogP contribution in [0.3, 0.4) is 0 Å². The van der Waals surface area contributed by atoms with Crippen molar-refractivity contribution in [1.82, 2.24) is 0 Å². The van der Waals surface area contributed by atoms with Gasteiger partial charge in [0, 0.05) is 0 Å². The maximum Gasteiger partial charge on any atom is 0.314 e. The van der Waals surface area contributed by atoms with E-state index in [1.165, 1.54) is 44.6 Å². The number of esters is 1. The summed E-state index contributed by atoms with van der Waals surface area (Å²) in [5, 5.41) is 0. The topological polar surface area (TPSA) is 26.3 Å². The molecular weight excluding hydrogens is 240 g/mol. The summed E-state index contributed by atoms with van der Waals surface area (Å²) < 4.78 is 5.53. The first-order chi connectivity index (χ1) is 7.67. The second-order valence-electron chi connectivity index (χ2n) is 3.80. The highest BCUT2D eigenvalue weighted by atomic mass is 32.2. The normalized spacial score (nSPS) is 12.2. The van der Waals surface area contributed by atoms with Gasteiger partial charge in [0.1, 0.15) is 0 Å². The minimum Gasteiger partial charge on any atom is -0.469 e. The summed E-state index contributed by atoms with van der Waals surface area (Å²) in [6.45, 7) is 2.19. The number of hydrogen-bond donors (Lipinski definition) is 0. The van der Waals surface area contributed by atoms with E-state index in [0.29, 0.717) is 0 Å². The van der Waals surface area contributed by atoms with Crippen molar-refractivity contribution in [2.24, 2.45) is 5.92 Å². The van der Waals surface area contributed by atoms with Crippen LogP contribution >= 0.6 is 24.0 Å². The molecule has 0 spiro atoms. The van der Waals surface area contributed by atoms with Crippen molar-refractivity contribution in [3.05, 3.63) is 0 Å². The predicted molar refractivity (Wildman–Crippen MR) is 75.0 cm³/mol. The van der Waals surface area contributed by atoms with Gasteiger partial charge in [-0.3, -0.25) is 4.79 Å². The predicted octanol–water partition coefficient (Wildman–Crippen LogP) is 3.83. The van der Waals surface area contributed by atoms with Crippen LogP contribution in [-0.4, -0.2) is 23.5 Å². The van der Waals surface area contributed by atoms with Crippen LogP contribution < -0.4 is 0 Å². The first-order valence-electron chi connectivity index (χ1n) is 5.83. The number of methoxy groups -OCH3 is 1. The van der Waals surface area contributed by atoms with Gasteiger partial charge >= 0.3 is 5.97 Å². The highest BCUT2D eigenvalue weighted by molar-refractivity contribution is 8.22. The third-order valence-corrected chi connectivity index (χ3v) is 4.04. The molecule has 1 atom stereocenters. The molecule has 0 amide bonds. The number of unbranched alkanes of at least 4 members (excludes halogenated alkanes) is 4. The van der Waals surface area contributed by atoms with Crippen molar-refractivity contribution in [3.63, 3.8) is 0 Å². The van der Waals surface area contributed by atoms with Gasteiger partial charge in [-0.15, -0.1) is 11.8 Å². The fourth-order valence-corrected chi connectivity index (χ4v) is 2.28. The number of thioether (sulfide) groups is 1. The van der Waals surface area contributed by atoms with E-state index in [4.69, 9.17) is 17.0 Å². The summed E-state index contributed by atoms with van der Waals surface area (Å²) >= 11 is 6.66. The number of rotatable bonds is 8. The van der Waals surface area contributed by atoms with Gasteiger partial charge < -0.3 is 4.74 Å². The highest BCUT2D eigenvalue weighted by Gasteiger charge is 2.22. The fourth-order valence-electron chi connectivity index (χ4n) is 1.57. The summed E-state index contributed by atoms with van der Waals surface area (Å²) in [6.07, 6.45) is 8.74. The van der Waals surface area contributed by atoms with Crippen LogP contribution in [0.2, 0.25) is 0 Å². The lowest BCUT2D eigenvalue weighted by Crippen LogP contribution is -2.22. The van der Waals surface area contributed by atoms with E-state index >= 15 is 0 Å². The third kappa shape index (κ3) is 6.48. The zero-order valence-corrected chi connectivity index (χ0v) is 12.1. The zero-order chi connectivity index (χ0) is 12.4. The summed E-state index contributed by atoms with van der Waals surface area (Å²) in [7, 11) is 1.43. The van der Waals surface area contributed by atoms with Gasteiger partial charge in [0.05, 0.1) is 17.2 Å². The van der Waals surface area contributed by atoms with Crippen molar-refractivity contribution in [3.8, 4) is 0 Å². The van der Waals surface area contributed by atoms with E-state index in [1.54, 1.807) is 0 Å². The molecule has 0 N–H and O–H groups in total. The van der Waals surface area contributed by atoms with Crippen LogP contribution in [0, 0.1) is 5.92 Å².